The Morgan fingerprint density at radius 3 is 2.63 bits per heavy atom. The van der Waals surface area contributed by atoms with E-state index in [4.69, 9.17) is 5.11 Å². The number of benzene rings is 1. The molecule has 1 fully saturated rings. The first-order chi connectivity index (χ1) is 9.22. The maximum atomic E-state index is 12.2. The summed E-state index contributed by atoms with van der Waals surface area (Å²) in [5.74, 6) is 0.528. The zero-order chi connectivity index (χ0) is 13.7. The van der Waals surface area contributed by atoms with Crippen LogP contribution in [0.2, 0.25) is 0 Å². The summed E-state index contributed by atoms with van der Waals surface area (Å²) in [6, 6.07) is 10.1. The van der Waals surface area contributed by atoms with Gasteiger partial charge in [0.25, 0.3) is 0 Å². The molecule has 4 nitrogen and oxygen atoms in total. The maximum Gasteiger partial charge on any atom is 0.237 e. The average Bonchev–Trinajstić information content (AvgIpc) is 2.40. The molecule has 0 aliphatic carbocycles. The summed E-state index contributed by atoms with van der Waals surface area (Å²) in [6.45, 7) is 5.78. The molecule has 1 aliphatic rings. The van der Waals surface area contributed by atoms with Gasteiger partial charge >= 0.3 is 0 Å². The van der Waals surface area contributed by atoms with Crippen molar-refractivity contribution >= 4 is 5.91 Å². The first-order valence-corrected chi connectivity index (χ1v) is 6.87. The first kappa shape index (κ1) is 14.0. The maximum absolute atomic E-state index is 12.2. The Kier molecular flexibility index (Phi) is 4.93. The topological polar surface area (TPSA) is 43.8 Å². The number of likely N-dealkylation sites (tertiary alicyclic amines) is 1. The van der Waals surface area contributed by atoms with Crippen molar-refractivity contribution in [1.82, 2.24) is 9.80 Å². The van der Waals surface area contributed by atoms with Crippen molar-refractivity contribution in [3.8, 4) is 0 Å². The molecule has 1 amide bonds. The number of carbonyl (C=O) groups excluding carboxylic acids is 1. The highest BCUT2D eigenvalue weighted by Crippen LogP contribution is 2.14. The molecule has 1 aromatic carbocycles. The minimum Gasteiger partial charge on any atom is -0.396 e. The van der Waals surface area contributed by atoms with E-state index >= 15 is 0 Å². The van der Waals surface area contributed by atoms with Crippen LogP contribution < -0.4 is 0 Å². The molecule has 0 radical (unpaired) electrons. The van der Waals surface area contributed by atoms with Crippen molar-refractivity contribution in [2.75, 3.05) is 32.8 Å². The van der Waals surface area contributed by atoms with E-state index in [0.29, 0.717) is 19.0 Å². The number of aliphatic hydroxyl groups is 1. The Bertz CT molecular complexity index is 402. The lowest BCUT2D eigenvalue weighted by Gasteiger charge is -2.38. The van der Waals surface area contributed by atoms with Gasteiger partial charge in [-0.2, -0.15) is 0 Å². The molecule has 1 N–H and O–H groups in total. The van der Waals surface area contributed by atoms with Crippen molar-refractivity contribution in [3.63, 3.8) is 0 Å². The van der Waals surface area contributed by atoms with Gasteiger partial charge in [0.05, 0.1) is 6.54 Å². The summed E-state index contributed by atoms with van der Waals surface area (Å²) >= 11 is 0. The number of amides is 1. The molecule has 4 heteroatoms. The van der Waals surface area contributed by atoms with E-state index in [-0.39, 0.29) is 12.5 Å². The van der Waals surface area contributed by atoms with Gasteiger partial charge in [-0.25, -0.2) is 0 Å². The molecule has 0 saturated carbocycles. The number of aliphatic hydroxyl groups excluding tert-OH is 1. The number of rotatable bonds is 6. The van der Waals surface area contributed by atoms with E-state index in [9.17, 15) is 4.79 Å². The molecule has 0 bridgehead atoms. The summed E-state index contributed by atoms with van der Waals surface area (Å²) < 4.78 is 0. The summed E-state index contributed by atoms with van der Waals surface area (Å²) in [7, 11) is 0. The lowest BCUT2D eigenvalue weighted by atomic mass is 10.0. The largest absolute Gasteiger partial charge is 0.396 e. The fraction of sp³-hybridized carbons (Fsp3) is 0.533. The summed E-state index contributed by atoms with van der Waals surface area (Å²) in [6.07, 6.45) is 0. The van der Waals surface area contributed by atoms with Crippen LogP contribution in [-0.2, 0) is 11.3 Å². The van der Waals surface area contributed by atoms with Crippen molar-refractivity contribution in [1.29, 1.82) is 0 Å². The van der Waals surface area contributed by atoms with Crippen LogP contribution in [0.5, 0.6) is 0 Å². The average molecular weight is 262 g/mol. The minimum atomic E-state index is 0.169. The monoisotopic (exact) mass is 262 g/mol. The zero-order valence-electron chi connectivity index (χ0n) is 11.5. The molecule has 2 rings (SSSR count). The lowest BCUT2D eigenvalue weighted by Crippen LogP contribution is -2.52. The van der Waals surface area contributed by atoms with E-state index in [2.05, 4.69) is 4.90 Å². The fourth-order valence-corrected chi connectivity index (χ4v) is 2.39. The van der Waals surface area contributed by atoms with Crippen LogP contribution in [0.3, 0.4) is 0 Å². The third-order valence-electron chi connectivity index (χ3n) is 3.60. The number of hydrogen-bond donors (Lipinski definition) is 1. The molecule has 1 heterocycles. The van der Waals surface area contributed by atoms with Crippen LogP contribution in [0.25, 0.3) is 0 Å². The van der Waals surface area contributed by atoms with Crippen molar-refractivity contribution < 1.29 is 9.90 Å². The van der Waals surface area contributed by atoms with Gasteiger partial charge in [0.15, 0.2) is 0 Å². The predicted molar refractivity (Wildman–Crippen MR) is 74.5 cm³/mol. The van der Waals surface area contributed by atoms with Gasteiger partial charge in [-0.3, -0.25) is 9.69 Å². The third kappa shape index (κ3) is 3.78. The quantitative estimate of drug-likeness (QED) is 0.830. The normalized spacial score (nSPS) is 16.1. The Morgan fingerprint density at radius 1 is 1.37 bits per heavy atom. The zero-order valence-corrected chi connectivity index (χ0v) is 11.5. The van der Waals surface area contributed by atoms with Gasteiger partial charge in [0, 0.05) is 38.7 Å². The number of nitrogens with zero attached hydrogens (tertiary/aromatic N) is 2. The first-order valence-electron chi connectivity index (χ1n) is 6.87. The van der Waals surface area contributed by atoms with E-state index in [1.807, 2.05) is 42.2 Å². The Labute approximate surface area is 114 Å². The standard InChI is InChI=1S/C15H22N2O2/c1-2-17(10-13-6-4-3-5-7-13)15(19)11-16-8-14(9-16)12-18/h3-7,14,18H,2,8-12H2,1H3. The van der Waals surface area contributed by atoms with Gasteiger partial charge in [0.1, 0.15) is 0 Å². The lowest BCUT2D eigenvalue weighted by molar-refractivity contribution is -0.134. The molecule has 0 atom stereocenters. The van der Waals surface area contributed by atoms with Gasteiger partial charge in [-0.1, -0.05) is 30.3 Å². The van der Waals surface area contributed by atoms with E-state index in [1.54, 1.807) is 0 Å². The molecule has 0 aromatic heterocycles. The predicted octanol–water partition coefficient (Wildman–Crippen LogP) is 0.959. The molecule has 0 spiro atoms. The molecule has 104 valence electrons. The van der Waals surface area contributed by atoms with Crippen LogP contribution in [0.1, 0.15) is 12.5 Å². The second kappa shape index (κ2) is 6.68. The molecule has 1 aromatic rings. The second-order valence-corrected chi connectivity index (χ2v) is 5.14. The summed E-state index contributed by atoms with van der Waals surface area (Å²) in [5.41, 5.74) is 1.16. The van der Waals surface area contributed by atoms with E-state index in [0.717, 1.165) is 25.2 Å². The van der Waals surface area contributed by atoms with Crippen LogP contribution in [0.4, 0.5) is 0 Å². The molecule has 1 aliphatic heterocycles. The molecule has 0 unspecified atom stereocenters. The second-order valence-electron chi connectivity index (χ2n) is 5.14. The van der Waals surface area contributed by atoms with Crippen molar-refractivity contribution in [2.24, 2.45) is 5.92 Å². The summed E-state index contributed by atoms with van der Waals surface area (Å²) in [4.78, 5) is 16.2. The highest BCUT2D eigenvalue weighted by atomic mass is 16.3. The Hall–Kier alpha value is -1.39. The molecular weight excluding hydrogens is 240 g/mol. The highest BCUT2D eigenvalue weighted by molar-refractivity contribution is 5.78. The molecular formula is C15H22N2O2. The molecule has 1 saturated heterocycles. The van der Waals surface area contributed by atoms with Gasteiger partial charge in [0.2, 0.25) is 5.91 Å². The van der Waals surface area contributed by atoms with Gasteiger partial charge in [-0.05, 0) is 12.5 Å². The highest BCUT2D eigenvalue weighted by Gasteiger charge is 2.28. The fourth-order valence-electron chi connectivity index (χ4n) is 2.39. The van der Waals surface area contributed by atoms with E-state index < -0.39 is 0 Å². The number of carbonyl (C=O) groups is 1. The van der Waals surface area contributed by atoms with Crippen LogP contribution in [-0.4, -0.2) is 53.6 Å². The number of hydrogen-bond acceptors (Lipinski definition) is 3. The van der Waals surface area contributed by atoms with Gasteiger partial charge < -0.3 is 10.0 Å². The third-order valence-corrected chi connectivity index (χ3v) is 3.60. The van der Waals surface area contributed by atoms with Crippen LogP contribution in [0, 0.1) is 5.92 Å². The SMILES string of the molecule is CCN(Cc1ccccc1)C(=O)CN1CC(CO)C1. The van der Waals surface area contributed by atoms with Crippen molar-refractivity contribution in [2.45, 2.75) is 13.5 Å². The van der Waals surface area contributed by atoms with Crippen LogP contribution in [0.15, 0.2) is 30.3 Å². The summed E-state index contributed by atoms with van der Waals surface area (Å²) in [5, 5.41) is 8.97. The van der Waals surface area contributed by atoms with Crippen molar-refractivity contribution in [3.05, 3.63) is 35.9 Å². The Morgan fingerprint density at radius 2 is 2.05 bits per heavy atom. The minimum absolute atomic E-state index is 0.169. The van der Waals surface area contributed by atoms with Gasteiger partial charge in [-0.15, -0.1) is 0 Å². The Balaban J connectivity index is 1.82. The van der Waals surface area contributed by atoms with Crippen LogP contribution >= 0.6 is 0 Å². The molecule has 19 heavy (non-hydrogen) atoms. The van der Waals surface area contributed by atoms with E-state index in [1.165, 1.54) is 0 Å². The number of likely N-dealkylation sites (N-methyl/N-ethyl adjacent to an activating group) is 1. The smallest absolute Gasteiger partial charge is 0.237 e.